The molecule has 1 heterocycles. The quantitative estimate of drug-likeness (QED) is 0.794. The van der Waals surface area contributed by atoms with Crippen LogP contribution in [0.3, 0.4) is 0 Å². The number of carboxylic acids is 1. The van der Waals surface area contributed by atoms with E-state index in [2.05, 4.69) is 17.2 Å². The molecule has 4 nitrogen and oxygen atoms in total. The summed E-state index contributed by atoms with van der Waals surface area (Å²) >= 11 is 0. The summed E-state index contributed by atoms with van der Waals surface area (Å²) in [5, 5.41) is 12.2. The van der Waals surface area contributed by atoms with Gasteiger partial charge in [-0.15, -0.1) is 0 Å². The summed E-state index contributed by atoms with van der Waals surface area (Å²) in [6.07, 6.45) is 6.48. The van der Waals surface area contributed by atoms with Crippen LogP contribution in [-0.4, -0.2) is 22.6 Å². The van der Waals surface area contributed by atoms with Crippen LogP contribution in [0.1, 0.15) is 43.0 Å². The maximum Gasteiger partial charge on any atom is 0.339 e. The van der Waals surface area contributed by atoms with Crippen LogP contribution in [0.15, 0.2) is 18.3 Å². The minimum absolute atomic E-state index is 0.250. The first-order valence-corrected chi connectivity index (χ1v) is 6.09. The molecule has 2 N–H and O–H groups in total. The number of aromatic nitrogens is 1. The van der Waals surface area contributed by atoms with Gasteiger partial charge in [0, 0.05) is 12.7 Å². The van der Waals surface area contributed by atoms with Crippen molar-refractivity contribution in [2.45, 2.75) is 32.6 Å². The molecule has 1 aliphatic rings. The van der Waals surface area contributed by atoms with Crippen LogP contribution >= 0.6 is 0 Å². The highest BCUT2D eigenvalue weighted by Gasteiger charge is 2.41. The van der Waals surface area contributed by atoms with Crippen LogP contribution in [0.2, 0.25) is 0 Å². The molecule has 2 rings (SSSR count). The van der Waals surface area contributed by atoms with Gasteiger partial charge in [0.05, 0.1) is 0 Å². The average Bonchev–Trinajstić information content (AvgIpc) is 3.08. The van der Waals surface area contributed by atoms with E-state index in [4.69, 9.17) is 5.11 Å². The second-order valence-corrected chi connectivity index (χ2v) is 4.81. The lowest BCUT2D eigenvalue weighted by Crippen LogP contribution is -2.17. The highest BCUT2D eigenvalue weighted by atomic mass is 16.4. The minimum Gasteiger partial charge on any atom is -0.478 e. The monoisotopic (exact) mass is 234 g/mol. The Balaban J connectivity index is 2.02. The van der Waals surface area contributed by atoms with Crippen molar-refractivity contribution in [3.63, 3.8) is 0 Å². The van der Waals surface area contributed by atoms with Crippen molar-refractivity contribution in [1.82, 2.24) is 4.98 Å². The SMILES string of the molecule is CCCC1(CNc2ncccc2C(=O)O)CC1. The maximum atomic E-state index is 11.0. The molecule has 0 radical (unpaired) electrons. The average molecular weight is 234 g/mol. The normalized spacial score (nSPS) is 16.5. The van der Waals surface area contributed by atoms with Crippen LogP contribution in [0.5, 0.6) is 0 Å². The number of carbonyl (C=O) groups is 1. The summed E-state index contributed by atoms with van der Waals surface area (Å²) in [5.41, 5.74) is 0.641. The zero-order valence-electron chi connectivity index (χ0n) is 10.1. The molecular formula is C13H18N2O2. The summed E-state index contributed by atoms with van der Waals surface area (Å²) in [5.74, 6) is -0.441. The van der Waals surface area contributed by atoms with Crippen molar-refractivity contribution in [3.8, 4) is 0 Å². The third-order valence-electron chi connectivity index (χ3n) is 3.41. The molecule has 1 fully saturated rings. The predicted molar refractivity (Wildman–Crippen MR) is 66.3 cm³/mol. The van der Waals surface area contributed by atoms with E-state index in [1.807, 2.05) is 0 Å². The van der Waals surface area contributed by atoms with Gasteiger partial charge in [0.25, 0.3) is 0 Å². The smallest absolute Gasteiger partial charge is 0.339 e. The van der Waals surface area contributed by atoms with Crippen LogP contribution in [0, 0.1) is 5.41 Å². The molecule has 92 valence electrons. The fourth-order valence-corrected chi connectivity index (χ4v) is 2.21. The topological polar surface area (TPSA) is 62.2 Å². The molecule has 17 heavy (non-hydrogen) atoms. The molecule has 0 spiro atoms. The zero-order valence-corrected chi connectivity index (χ0v) is 10.1. The summed E-state index contributed by atoms with van der Waals surface area (Å²) in [4.78, 5) is 15.1. The van der Waals surface area contributed by atoms with Gasteiger partial charge in [0.2, 0.25) is 0 Å². The van der Waals surface area contributed by atoms with Crippen molar-refractivity contribution < 1.29 is 9.90 Å². The lowest BCUT2D eigenvalue weighted by atomic mass is 10.0. The van der Waals surface area contributed by atoms with Gasteiger partial charge in [0.1, 0.15) is 11.4 Å². The first-order valence-electron chi connectivity index (χ1n) is 6.09. The maximum absolute atomic E-state index is 11.0. The van der Waals surface area contributed by atoms with Gasteiger partial charge in [-0.05, 0) is 36.8 Å². The minimum atomic E-state index is -0.930. The number of nitrogens with one attached hydrogen (secondary N) is 1. The van der Waals surface area contributed by atoms with Crippen molar-refractivity contribution in [2.75, 3.05) is 11.9 Å². The van der Waals surface area contributed by atoms with Crippen molar-refractivity contribution in [2.24, 2.45) is 5.41 Å². The number of pyridine rings is 1. The molecule has 1 aromatic heterocycles. The fraction of sp³-hybridized carbons (Fsp3) is 0.538. The molecular weight excluding hydrogens is 216 g/mol. The number of nitrogens with zero attached hydrogens (tertiary/aromatic N) is 1. The molecule has 1 saturated carbocycles. The van der Waals surface area contributed by atoms with E-state index < -0.39 is 5.97 Å². The molecule has 0 bridgehead atoms. The molecule has 4 heteroatoms. The molecule has 0 atom stereocenters. The Kier molecular flexibility index (Phi) is 3.31. The second-order valence-electron chi connectivity index (χ2n) is 4.81. The molecule has 0 aliphatic heterocycles. The van der Waals surface area contributed by atoms with Gasteiger partial charge in [0.15, 0.2) is 0 Å². The van der Waals surface area contributed by atoms with Gasteiger partial charge >= 0.3 is 5.97 Å². The molecule has 0 amide bonds. The van der Waals surface area contributed by atoms with Gasteiger partial charge in [-0.25, -0.2) is 9.78 Å². The molecule has 0 unspecified atom stereocenters. The van der Waals surface area contributed by atoms with Crippen LogP contribution in [-0.2, 0) is 0 Å². The highest BCUT2D eigenvalue weighted by Crippen LogP contribution is 2.49. The predicted octanol–water partition coefficient (Wildman–Crippen LogP) is 2.77. The molecule has 1 aliphatic carbocycles. The number of aromatic carboxylic acids is 1. The fourth-order valence-electron chi connectivity index (χ4n) is 2.21. The van der Waals surface area contributed by atoms with Crippen LogP contribution < -0.4 is 5.32 Å². The molecule has 0 saturated heterocycles. The van der Waals surface area contributed by atoms with E-state index >= 15 is 0 Å². The third kappa shape index (κ3) is 2.75. The van der Waals surface area contributed by atoms with E-state index in [1.54, 1.807) is 18.3 Å². The van der Waals surface area contributed by atoms with Crippen LogP contribution in [0.4, 0.5) is 5.82 Å². The lowest BCUT2D eigenvalue weighted by Gasteiger charge is -2.16. The first kappa shape index (κ1) is 11.9. The van der Waals surface area contributed by atoms with Gasteiger partial charge in [-0.1, -0.05) is 13.3 Å². The van der Waals surface area contributed by atoms with E-state index in [-0.39, 0.29) is 5.56 Å². The Morgan fingerprint density at radius 1 is 1.59 bits per heavy atom. The van der Waals surface area contributed by atoms with Crippen molar-refractivity contribution in [3.05, 3.63) is 23.9 Å². The lowest BCUT2D eigenvalue weighted by molar-refractivity contribution is 0.0697. The number of hydrogen-bond donors (Lipinski definition) is 2. The van der Waals surface area contributed by atoms with E-state index in [0.717, 1.165) is 6.54 Å². The van der Waals surface area contributed by atoms with Crippen molar-refractivity contribution in [1.29, 1.82) is 0 Å². The Morgan fingerprint density at radius 3 is 2.94 bits per heavy atom. The molecule has 1 aromatic rings. The molecule has 0 aromatic carbocycles. The number of hydrogen-bond acceptors (Lipinski definition) is 3. The number of anilines is 1. The Labute approximate surface area is 101 Å². The van der Waals surface area contributed by atoms with Crippen molar-refractivity contribution >= 4 is 11.8 Å². The number of carboxylic acid groups (broad SMARTS) is 1. The second kappa shape index (κ2) is 4.73. The largest absolute Gasteiger partial charge is 0.478 e. The first-order chi connectivity index (χ1) is 8.17. The highest BCUT2D eigenvalue weighted by molar-refractivity contribution is 5.92. The Morgan fingerprint density at radius 2 is 2.35 bits per heavy atom. The summed E-state index contributed by atoms with van der Waals surface area (Å²) < 4.78 is 0. The summed E-state index contributed by atoms with van der Waals surface area (Å²) in [7, 11) is 0. The van der Waals surface area contributed by atoms with Gasteiger partial charge < -0.3 is 10.4 Å². The van der Waals surface area contributed by atoms with E-state index in [1.165, 1.54) is 25.7 Å². The number of rotatable bonds is 6. The summed E-state index contributed by atoms with van der Waals surface area (Å²) in [6, 6.07) is 3.23. The Hall–Kier alpha value is -1.58. The Bertz CT molecular complexity index is 414. The van der Waals surface area contributed by atoms with Gasteiger partial charge in [-0.2, -0.15) is 0 Å². The standard InChI is InChI=1S/C13H18N2O2/c1-2-5-13(6-7-13)9-15-11-10(12(16)17)4-3-8-14-11/h3-4,8H,2,5-7,9H2,1H3,(H,14,15)(H,16,17). The van der Waals surface area contributed by atoms with Crippen LogP contribution in [0.25, 0.3) is 0 Å². The van der Waals surface area contributed by atoms with E-state index in [9.17, 15) is 4.79 Å². The van der Waals surface area contributed by atoms with E-state index in [0.29, 0.717) is 11.2 Å². The third-order valence-corrected chi connectivity index (χ3v) is 3.41. The zero-order chi connectivity index (χ0) is 12.3. The summed E-state index contributed by atoms with van der Waals surface area (Å²) in [6.45, 7) is 3.02. The van der Waals surface area contributed by atoms with Gasteiger partial charge in [-0.3, -0.25) is 0 Å².